The van der Waals surface area contributed by atoms with E-state index in [1.807, 2.05) is 0 Å². The van der Waals surface area contributed by atoms with Crippen LogP contribution in [-0.4, -0.2) is 18.6 Å². The van der Waals surface area contributed by atoms with Crippen molar-refractivity contribution in [3.8, 4) is 5.75 Å². The van der Waals surface area contributed by atoms with E-state index in [2.05, 4.69) is 0 Å². The fourth-order valence-electron chi connectivity index (χ4n) is 1.57. The average Bonchev–Trinajstić information content (AvgIpc) is 2.45. The van der Waals surface area contributed by atoms with E-state index < -0.39 is 0 Å². The Kier molecular flexibility index (Phi) is 4.58. The molecule has 0 aliphatic carbocycles. The molecular formula is C15H13FO2S. The van der Waals surface area contributed by atoms with E-state index in [0.717, 1.165) is 4.90 Å². The molecule has 0 aliphatic heterocycles. The molecule has 0 amide bonds. The predicted molar refractivity (Wildman–Crippen MR) is 74.4 cm³/mol. The number of hydrogen-bond donors (Lipinski definition) is 0. The van der Waals surface area contributed by atoms with Crippen LogP contribution in [0.15, 0.2) is 53.4 Å². The van der Waals surface area contributed by atoms with Crippen molar-refractivity contribution in [3.63, 3.8) is 0 Å². The highest BCUT2D eigenvalue weighted by Crippen LogP contribution is 2.20. The van der Waals surface area contributed by atoms with Crippen LogP contribution < -0.4 is 4.74 Å². The zero-order chi connectivity index (χ0) is 13.7. The normalized spacial score (nSPS) is 10.2. The lowest BCUT2D eigenvalue weighted by Gasteiger charge is -2.03. The molecule has 0 aromatic heterocycles. The van der Waals surface area contributed by atoms with Gasteiger partial charge in [0.2, 0.25) is 0 Å². The highest BCUT2D eigenvalue weighted by molar-refractivity contribution is 8.00. The number of carbonyl (C=O) groups is 1. The largest absolute Gasteiger partial charge is 0.497 e. The van der Waals surface area contributed by atoms with Crippen LogP contribution in [0.4, 0.5) is 4.39 Å². The van der Waals surface area contributed by atoms with Crippen LogP contribution >= 0.6 is 11.8 Å². The molecule has 0 N–H and O–H groups in total. The molecule has 2 aromatic carbocycles. The van der Waals surface area contributed by atoms with Gasteiger partial charge >= 0.3 is 0 Å². The molecule has 4 heteroatoms. The molecule has 0 fully saturated rings. The second kappa shape index (κ2) is 6.38. The molecule has 2 nitrogen and oxygen atoms in total. The van der Waals surface area contributed by atoms with E-state index in [-0.39, 0.29) is 17.4 Å². The number of hydrogen-bond acceptors (Lipinski definition) is 3. The van der Waals surface area contributed by atoms with Crippen molar-refractivity contribution in [1.82, 2.24) is 0 Å². The Labute approximate surface area is 115 Å². The highest BCUT2D eigenvalue weighted by Gasteiger charge is 2.07. The Balaban J connectivity index is 1.97. The Morgan fingerprint density at radius 2 is 1.95 bits per heavy atom. The van der Waals surface area contributed by atoms with E-state index in [0.29, 0.717) is 11.3 Å². The van der Waals surface area contributed by atoms with Crippen molar-refractivity contribution in [1.29, 1.82) is 0 Å². The van der Waals surface area contributed by atoms with Gasteiger partial charge in [-0.25, -0.2) is 4.39 Å². The first kappa shape index (κ1) is 13.6. The van der Waals surface area contributed by atoms with E-state index in [4.69, 9.17) is 4.74 Å². The number of Topliss-reactive ketones (excluding diaryl/α,β-unsaturated/α-hetero) is 1. The molecule has 2 aromatic rings. The fourth-order valence-corrected chi connectivity index (χ4v) is 2.40. The van der Waals surface area contributed by atoms with Gasteiger partial charge in [-0.05, 0) is 42.5 Å². The minimum atomic E-state index is -0.290. The smallest absolute Gasteiger partial charge is 0.173 e. The maximum atomic E-state index is 13.0. The zero-order valence-corrected chi connectivity index (χ0v) is 11.2. The van der Waals surface area contributed by atoms with E-state index >= 15 is 0 Å². The molecular weight excluding hydrogens is 263 g/mol. The van der Waals surface area contributed by atoms with Crippen LogP contribution in [0, 0.1) is 5.82 Å². The van der Waals surface area contributed by atoms with E-state index in [1.165, 1.54) is 23.9 Å². The summed E-state index contributed by atoms with van der Waals surface area (Å²) >= 11 is 1.33. The monoisotopic (exact) mass is 276 g/mol. The zero-order valence-electron chi connectivity index (χ0n) is 10.4. The summed E-state index contributed by atoms with van der Waals surface area (Å²) in [6.45, 7) is 0. The van der Waals surface area contributed by atoms with Gasteiger partial charge in [-0.3, -0.25) is 4.79 Å². The molecule has 0 saturated heterocycles. The number of ether oxygens (including phenoxy) is 1. The fraction of sp³-hybridized carbons (Fsp3) is 0.133. The molecule has 0 aliphatic rings. The molecule has 2 rings (SSSR count). The van der Waals surface area contributed by atoms with Gasteiger partial charge in [0.1, 0.15) is 11.6 Å². The molecule has 0 atom stereocenters. The number of rotatable bonds is 5. The van der Waals surface area contributed by atoms with Crippen LogP contribution in [0.2, 0.25) is 0 Å². The first-order valence-corrected chi connectivity index (χ1v) is 6.73. The van der Waals surface area contributed by atoms with Crippen molar-refractivity contribution in [2.24, 2.45) is 0 Å². The number of carbonyl (C=O) groups excluding carboxylic acids is 1. The van der Waals surface area contributed by atoms with E-state index in [9.17, 15) is 9.18 Å². The van der Waals surface area contributed by atoms with Gasteiger partial charge in [0, 0.05) is 10.5 Å². The Morgan fingerprint density at radius 3 is 2.58 bits per heavy atom. The van der Waals surface area contributed by atoms with Gasteiger partial charge in [-0.15, -0.1) is 11.8 Å². The SMILES string of the molecule is COc1ccc(C(=O)CSc2cccc(F)c2)cc1. The Hall–Kier alpha value is -1.81. The lowest BCUT2D eigenvalue weighted by Crippen LogP contribution is -2.02. The highest BCUT2D eigenvalue weighted by atomic mass is 32.2. The van der Waals surface area contributed by atoms with E-state index in [1.54, 1.807) is 43.5 Å². The molecule has 0 unspecified atom stereocenters. The maximum absolute atomic E-state index is 13.0. The molecule has 19 heavy (non-hydrogen) atoms. The van der Waals surface area contributed by atoms with Crippen LogP contribution in [-0.2, 0) is 0 Å². The van der Waals surface area contributed by atoms with Gasteiger partial charge in [-0.1, -0.05) is 6.07 Å². The van der Waals surface area contributed by atoms with Crippen LogP contribution in [0.5, 0.6) is 5.75 Å². The summed E-state index contributed by atoms with van der Waals surface area (Å²) in [6, 6.07) is 13.2. The predicted octanol–water partition coefficient (Wildman–Crippen LogP) is 3.81. The van der Waals surface area contributed by atoms with Gasteiger partial charge in [-0.2, -0.15) is 0 Å². The maximum Gasteiger partial charge on any atom is 0.173 e. The molecule has 0 bridgehead atoms. The number of methoxy groups -OCH3 is 1. The summed E-state index contributed by atoms with van der Waals surface area (Å²) in [5, 5.41) is 0. The summed E-state index contributed by atoms with van der Waals surface area (Å²) in [4.78, 5) is 12.7. The van der Waals surface area contributed by atoms with Crippen molar-refractivity contribution in [2.45, 2.75) is 4.90 Å². The minimum absolute atomic E-state index is 0.0110. The molecule has 98 valence electrons. The van der Waals surface area contributed by atoms with Crippen LogP contribution in [0.25, 0.3) is 0 Å². The van der Waals surface area contributed by atoms with Crippen LogP contribution in [0.3, 0.4) is 0 Å². The number of halogens is 1. The lowest BCUT2D eigenvalue weighted by molar-refractivity contribution is 0.102. The van der Waals surface area contributed by atoms with Crippen molar-refractivity contribution in [3.05, 3.63) is 59.9 Å². The summed E-state index contributed by atoms with van der Waals surface area (Å²) in [6.07, 6.45) is 0. The molecule has 0 saturated carbocycles. The van der Waals surface area contributed by atoms with Crippen LogP contribution in [0.1, 0.15) is 10.4 Å². The molecule has 0 heterocycles. The Morgan fingerprint density at radius 1 is 1.21 bits per heavy atom. The van der Waals surface area contributed by atoms with Gasteiger partial charge in [0.15, 0.2) is 5.78 Å². The molecule has 0 spiro atoms. The summed E-state index contributed by atoms with van der Waals surface area (Å²) in [5.41, 5.74) is 0.629. The van der Waals surface area contributed by atoms with Crippen molar-refractivity contribution >= 4 is 17.5 Å². The van der Waals surface area contributed by atoms with Crippen molar-refractivity contribution < 1.29 is 13.9 Å². The van der Waals surface area contributed by atoms with Gasteiger partial charge in [0.25, 0.3) is 0 Å². The number of thioether (sulfide) groups is 1. The third kappa shape index (κ3) is 3.83. The minimum Gasteiger partial charge on any atom is -0.497 e. The standard InChI is InChI=1S/C15H13FO2S/c1-18-13-7-5-11(6-8-13)15(17)10-19-14-4-2-3-12(16)9-14/h2-9H,10H2,1H3. The number of ketones is 1. The summed E-state index contributed by atoms with van der Waals surface area (Å²) in [5.74, 6) is 0.726. The van der Waals surface area contributed by atoms with Gasteiger partial charge < -0.3 is 4.74 Å². The lowest BCUT2D eigenvalue weighted by atomic mass is 10.1. The molecule has 0 radical (unpaired) electrons. The quantitative estimate of drug-likeness (QED) is 0.613. The third-order valence-electron chi connectivity index (χ3n) is 2.58. The first-order valence-electron chi connectivity index (χ1n) is 5.74. The Bertz CT molecular complexity index is 567. The summed E-state index contributed by atoms with van der Waals surface area (Å²) < 4.78 is 18.0. The van der Waals surface area contributed by atoms with Crippen molar-refractivity contribution in [2.75, 3.05) is 12.9 Å². The average molecular weight is 276 g/mol. The summed E-state index contributed by atoms with van der Waals surface area (Å²) in [7, 11) is 1.58. The van der Waals surface area contributed by atoms with Gasteiger partial charge in [0.05, 0.1) is 12.9 Å². The topological polar surface area (TPSA) is 26.3 Å². The first-order chi connectivity index (χ1) is 9.19. The second-order valence-electron chi connectivity index (χ2n) is 3.90. The second-order valence-corrected chi connectivity index (χ2v) is 4.95. The third-order valence-corrected chi connectivity index (χ3v) is 3.57. The number of benzene rings is 2.